The van der Waals surface area contributed by atoms with Crippen LogP contribution < -0.4 is 5.32 Å². The first kappa shape index (κ1) is 16.1. The van der Waals surface area contributed by atoms with Crippen molar-refractivity contribution >= 4 is 23.2 Å². The zero-order chi connectivity index (χ0) is 14.7. The summed E-state index contributed by atoms with van der Waals surface area (Å²) in [6.07, 6.45) is 2.50. The summed E-state index contributed by atoms with van der Waals surface area (Å²) in [6, 6.07) is 6.60. The quantitative estimate of drug-likeness (QED) is 0.857. The molecule has 0 aliphatic carbocycles. The van der Waals surface area contributed by atoms with Crippen LogP contribution in [0.5, 0.6) is 0 Å². The Bertz CT molecular complexity index is 450. The first-order valence-electron chi connectivity index (χ1n) is 7.30. The lowest BCUT2D eigenvalue weighted by Gasteiger charge is -2.34. The van der Waals surface area contributed by atoms with Gasteiger partial charge in [-0.05, 0) is 43.4 Å². The third-order valence-corrected chi connectivity index (χ3v) is 4.73. The SMILES string of the molecule is CC(NC1CCOC(C(C)C)C1)c1ccc(Cl)c(Cl)c1. The summed E-state index contributed by atoms with van der Waals surface area (Å²) >= 11 is 12.0. The van der Waals surface area contributed by atoms with E-state index in [0.717, 1.165) is 19.4 Å². The minimum absolute atomic E-state index is 0.265. The fourth-order valence-corrected chi connectivity index (χ4v) is 2.98. The molecule has 1 aliphatic heterocycles. The van der Waals surface area contributed by atoms with E-state index in [4.69, 9.17) is 27.9 Å². The highest BCUT2D eigenvalue weighted by molar-refractivity contribution is 6.42. The second-order valence-corrected chi connectivity index (χ2v) is 6.75. The topological polar surface area (TPSA) is 21.3 Å². The van der Waals surface area contributed by atoms with Gasteiger partial charge in [0, 0.05) is 18.7 Å². The lowest BCUT2D eigenvalue weighted by molar-refractivity contribution is -0.0256. The van der Waals surface area contributed by atoms with Crippen molar-refractivity contribution in [3.05, 3.63) is 33.8 Å². The van der Waals surface area contributed by atoms with E-state index in [2.05, 4.69) is 26.1 Å². The van der Waals surface area contributed by atoms with Crippen molar-refractivity contribution in [3.8, 4) is 0 Å². The van der Waals surface area contributed by atoms with E-state index in [0.29, 0.717) is 28.1 Å². The molecule has 20 heavy (non-hydrogen) atoms. The van der Waals surface area contributed by atoms with Crippen LogP contribution in [0, 0.1) is 5.92 Å². The Balaban J connectivity index is 1.96. The minimum atomic E-state index is 0.265. The van der Waals surface area contributed by atoms with Crippen LogP contribution in [0.15, 0.2) is 18.2 Å². The Hall–Kier alpha value is -0.280. The van der Waals surface area contributed by atoms with E-state index in [9.17, 15) is 0 Å². The Kier molecular flexibility index (Phi) is 5.74. The Labute approximate surface area is 131 Å². The van der Waals surface area contributed by atoms with E-state index in [1.165, 1.54) is 5.56 Å². The van der Waals surface area contributed by atoms with E-state index >= 15 is 0 Å². The van der Waals surface area contributed by atoms with Crippen molar-refractivity contribution in [3.63, 3.8) is 0 Å². The third kappa shape index (κ3) is 4.11. The average Bonchev–Trinajstić information content (AvgIpc) is 2.42. The molecule has 1 aliphatic rings. The lowest BCUT2D eigenvalue weighted by atomic mass is 9.94. The van der Waals surface area contributed by atoms with Gasteiger partial charge in [0.15, 0.2) is 0 Å². The zero-order valence-corrected chi connectivity index (χ0v) is 13.8. The fraction of sp³-hybridized carbons (Fsp3) is 0.625. The molecule has 3 atom stereocenters. The van der Waals surface area contributed by atoms with Crippen LogP contribution >= 0.6 is 23.2 Å². The first-order valence-corrected chi connectivity index (χ1v) is 8.05. The highest BCUT2D eigenvalue weighted by Gasteiger charge is 2.25. The number of nitrogens with one attached hydrogen (secondary N) is 1. The normalized spacial score (nSPS) is 24.9. The number of hydrogen-bond acceptors (Lipinski definition) is 2. The summed E-state index contributed by atoms with van der Waals surface area (Å²) in [5.74, 6) is 0.569. The van der Waals surface area contributed by atoms with Crippen molar-refractivity contribution < 1.29 is 4.74 Å². The Morgan fingerprint density at radius 3 is 2.60 bits per heavy atom. The Morgan fingerprint density at radius 1 is 1.20 bits per heavy atom. The molecule has 4 heteroatoms. The van der Waals surface area contributed by atoms with Crippen LogP contribution in [0.25, 0.3) is 0 Å². The molecule has 0 spiro atoms. The molecule has 1 fully saturated rings. The maximum atomic E-state index is 6.09. The van der Waals surface area contributed by atoms with Gasteiger partial charge in [0.25, 0.3) is 0 Å². The minimum Gasteiger partial charge on any atom is -0.378 e. The molecule has 1 N–H and O–H groups in total. The smallest absolute Gasteiger partial charge is 0.0612 e. The summed E-state index contributed by atoms with van der Waals surface area (Å²) in [6.45, 7) is 7.44. The number of benzene rings is 1. The van der Waals surface area contributed by atoms with Gasteiger partial charge in [-0.1, -0.05) is 43.1 Å². The molecule has 1 saturated heterocycles. The van der Waals surface area contributed by atoms with Gasteiger partial charge in [-0.15, -0.1) is 0 Å². The maximum absolute atomic E-state index is 6.09. The number of hydrogen-bond donors (Lipinski definition) is 1. The van der Waals surface area contributed by atoms with Gasteiger partial charge < -0.3 is 10.1 Å². The molecule has 3 unspecified atom stereocenters. The Morgan fingerprint density at radius 2 is 1.95 bits per heavy atom. The van der Waals surface area contributed by atoms with E-state index < -0.39 is 0 Å². The van der Waals surface area contributed by atoms with Gasteiger partial charge in [-0.3, -0.25) is 0 Å². The molecule has 2 nitrogen and oxygen atoms in total. The van der Waals surface area contributed by atoms with Crippen LogP contribution in [-0.4, -0.2) is 18.8 Å². The highest BCUT2D eigenvalue weighted by Crippen LogP contribution is 2.27. The monoisotopic (exact) mass is 315 g/mol. The van der Waals surface area contributed by atoms with E-state index in [-0.39, 0.29) is 6.04 Å². The van der Waals surface area contributed by atoms with Crippen LogP contribution in [0.1, 0.15) is 45.2 Å². The first-order chi connectivity index (χ1) is 9.47. The van der Waals surface area contributed by atoms with Crippen molar-refractivity contribution in [1.82, 2.24) is 5.32 Å². The van der Waals surface area contributed by atoms with Crippen molar-refractivity contribution in [2.24, 2.45) is 5.92 Å². The largest absolute Gasteiger partial charge is 0.378 e. The van der Waals surface area contributed by atoms with Gasteiger partial charge in [-0.2, -0.15) is 0 Å². The van der Waals surface area contributed by atoms with E-state index in [1.807, 2.05) is 18.2 Å². The maximum Gasteiger partial charge on any atom is 0.0612 e. The highest BCUT2D eigenvalue weighted by atomic mass is 35.5. The second kappa shape index (κ2) is 7.13. The predicted octanol–water partition coefficient (Wildman–Crippen LogP) is 4.85. The molecular formula is C16H23Cl2NO. The summed E-state index contributed by atoms with van der Waals surface area (Å²) in [7, 11) is 0. The number of ether oxygens (including phenoxy) is 1. The van der Waals surface area contributed by atoms with Crippen LogP contribution in [0.4, 0.5) is 0 Å². The van der Waals surface area contributed by atoms with Crippen molar-refractivity contribution in [2.75, 3.05) is 6.61 Å². The van der Waals surface area contributed by atoms with Crippen LogP contribution in [-0.2, 0) is 4.74 Å². The van der Waals surface area contributed by atoms with Gasteiger partial charge >= 0.3 is 0 Å². The molecular weight excluding hydrogens is 293 g/mol. The van der Waals surface area contributed by atoms with E-state index in [1.54, 1.807) is 0 Å². The average molecular weight is 316 g/mol. The summed E-state index contributed by atoms with van der Waals surface area (Å²) in [5, 5.41) is 4.91. The molecule has 1 aromatic carbocycles. The van der Waals surface area contributed by atoms with Crippen molar-refractivity contribution in [2.45, 2.75) is 51.8 Å². The van der Waals surface area contributed by atoms with Gasteiger partial charge in [0.05, 0.1) is 16.1 Å². The molecule has 1 aromatic rings. The molecule has 0 saturated carbocycles. The third-order valence-electron chi connectivity index (χ3n) is 3.99. The fourth-order valence-electron chi connectivity index (χ4n) is 2.68. The summed E-state index contributed by atoms with van der Waals surface area (Å²) in [5.41, 5.74) is 1.17. The summed E-state index contributed by atoms with van der Waals surface area (Å²) < 4.78 is 5.81. The van der Waals surface area contributed by atoms with Crippen LogP contribution in [0.2, 0.25) is 10.0 Å². The molecule has 112 valence electrons. The molecule has 0 radical (unpaired) electrons. The molecule has 0 bridgehead atoms. The second-order valence-electron chi connectivity index (χ2n) is 5.94. The molecule has 0 aromatic heterocycles. The van der Waals surface area contributed by atoms with Gasteiger partial charge in [0.2, 0.25) is 0 Å². The predicted molar refractivity (Wildman–Crippen MR) is 85.6 cm³/mol. The van der Waals surface area contributed by atoms with Crippen molar-refractivity contribution in [1.29, 1.82) is 0 Å². The standard InChI is InChI=1S/C16H23Cl2NO/c1-10(2)16-9-13(6-7-20-16)19-11(3)12-4-5-14(17)15(18)8-12/h4-5,8,10-11,13,16,19H,6-7,9H2,1-3H3. The lowest BCUT2D eigenvalue weighted by Crippen LogP contribution is -2.41. The number of rotatable bonds is 4. The van der Waals surface area contributed by atoms with Gasteiger partial charge in [0.1, 0.15) is 0 Å². The zero-order valence-electron chi connectivity index (χ0n) is 12.3. The molecule has 2 rings (SSSR count). The van der Waals surface area contributed by atoms with Crippen LogP contribution in [0.3, 0.4) is 0 Å². The molecule has 1 heterocycles. The summed E-state index contributed by atoms with van der Waals surface area (Å²) in [4.78, 5) is 0. The van der Waals surface area contributed by atoms with Gasteiger partial charge in [-0.25, -0.2) is 0 Å². The number of halogens is 2. The molecule has 0 amide bonds.